The Morgan fingerprint density at radius 2 is 1.91 bits per heavy atom. The predicted octanol–water partition coefficient (Wildman–Crippen LogP) is 1.85. The van der Waals surface area contributed by atoms with Gasteiger partial charge in [0.15, 0.2) is 6.61 Å². The maximum atomic E-state index is 12.2. The first-order chi connectivity index (χ1) is 11.1. The summed E-state index contributed by atoms with van der Waals surface area (Å²) in [6.07, 6.45) is 1.29. The van der Waals surface area contributed by atoms with Crippen molar-refractivity contribution in [3.8, 4) is 5.75 Å². The highest BCUT2D eigenvalue weighted by Gasteiger charge is 2.07. The third-order valence-electron chi connectivity index (χ3n) is 3.30. The van der Waals surface area contributed by atoms with Crippen LogP contribution < -0.4 is 15.7 Å². The van der Waals surface area contributed by atoms with Gasteiger partial charge in [-0.3, -0.25) is 15.0 Å². The molecule has 0 radical (unpaired) electrons. The Morgan fingerprint density at radius 1 is 1.17 bits per heavy atom. The standard InChI is InChI=1S/C17H15N3O3/c1-12-6-8-13(9-7-12)23-10-16(21)19-20-11-18-15-5-3-2-4-14(15)17(20)22/h2-9,11H,10H2,1H3,(H,19,21). The van der Waals surface area contributed by atoms with Crippen molar-refractivity contribution in [2.45, 2.75) is 6.92 Å². The summed E-state index contributed by atoms with van der Waals surface area (Å²) in [7, 11) is 0. The van der Waals surface area contributed by atoms with Gasteiger partial charge in [-0.25, -0.2) is 9.66 Å². The predicted molar refractivity (Wildman–Crippen MR) is 87.0 cm³/mol. The van der Waals surface area contributed by atoms with Crippen LogP contribution in [0.5, 0.6) is 5.75 Å². The maximum absolute atomic E-state index is 12.2. The molecule has 0 bridgehead atoms. The van der Waals surface area contributed by atoms with Crippen LogP contribution in [0, 0.1) is 6.92 Å². The molecule has 1 aromatic heterocycles. The molecule has 0 saturated heterocycles. The summed E-state index contributed by atoms with van der Waals surface area (Å²) < 4.78 is 6.43. The molecule has 0 aliphatic carbocycles. The molecule has 1 heterocycles. The second-order valence-corrected chi connectivity index (χ2v) is 5.07. The lowest BCUT2D eigenvalue weighted by Crippen LogP contribution is -2.35. The van der Waals surface area contributed by atoms with Crippen molar-refractivity contribution in [3.05, 3.63) is 70.8 Å². The highest BCUT2D eigenvalue weighted by Crippen LogP contribution is 2.11. The number of rotatable bonds is 4. The fourth-order valence-corrected chi connectivity index (χ4v) is 2.10. The highest BCUT2D eigenvalue weighted by molar-refractivity contribution is 5.85. The van der Waals surface area contributed by atoms with E-state index in [1.165, 1.54) is 6.33 Å². The van der Waals surface area contributed by atoms with Gasteiger partial charge in [-0.15, -0.1) is 0 Å². The number of para-hydroxylation sites is 1. The molecule has 23 heavy (non-hydrogen) atoms. The number of ether oxygens (including phenoxy) is 1. The van der Waals surface area contributed by atoms with E-state index in [9.17, 15) is 9.59 Å². The number of fused-ring (bicyclic) bond motifs is 1. The summed E-state index contributed by atoms with van der Waals surface area (Å²) in [6.45, 7) is 1.78. The van der Waals surface area contributed by atoms with Gasteiger partial charge in [0, 0.05) is 0 Å². The zero-order valence-electron chi connectivity index (χ0n) is 12.5. The molecule has 6 nitrogen and oxygen atoms in total. The molecule has 0 atom stereocenters. The molecule has 0 spiro atoms. The lowest BCUT2D eigenvalue weighted by molar-refractivity contribution is -0.119. The van der Waals surface area contributed by atoms with E-state index in [0.29, 0.717) is 16.7 Å². The van der Waals surface area contributed by atoms with Crippen LogP contribution in [-0.2, 0) is 4.79 Å². The van der Waals surface area contributed by atoms with E-state index < -0.39 is 5.91 Å². The molecule has 116 valence electrons. The van der Waals surface area contributed by atoms with Crippen molar-refractivity contribution in [3.63, 3.8) is 0 Å². The fraction of sp³-hybridized carbons (Fsp3) is 0.118. The first-order valence-corrected chi connectivity index (χ1v) is 7.09. The zero-order chi connectivity index (χ0) is 16.2. The van der Waals surface area contributed by atoms with Crippen molar-refractivity contribution in [1.82, 2.24) is 9.66 Å². The first kappa shape index (κ1) is 14.8. The molecule has 3 aromatic rings. The molecular weight excluding hydrogens is 294 g/mol. The summed E-state index contributed by atoms with van der Waals surface area (Å²) in [5, 5.41) is 0.440. The molecule has 0 aliphatic rings. The number of aryl methyl sites for hydroxylation is 1. The Bertz CT molecular complexity index is 901. The Balaban J connectivity index is 1.69. The van der Waals surface area contributed by atoms with Gasteiger partial charge in [0.1, 0.15) is 12.1 Å². The quantitative estimate of drug-likeness (QED) is 0.798. The Morgan fingerprint density at radius 3 is 2.70 bits per heavy atom. The lowest BCUT2D eigenvalue weighted by atomic mass is 10.2. The molecule has 2 aromatic carbocycles. The molecule has 0 aliphatic heterocycles. The van der Waals surface area contributed by atoms with E-state index in [0.717, 1.165) is 10.2 Å². The van der Waals surface area contributed by atoms with E-state index in [1.807, 2.05) is 19.1 Å². The molecule has 0 fully saturated rings. The summed E-state index contributed by atoms with van der Waals surface area (Å²) in [6, 6.07) is 14.3. The van der Waals surface area contributed by atoms with Crippen LogP contribution in [0.3, 0.4) is 0 Å². The lowest BCUT2D eigenvalue weighted by Gasteiger charge is -2.09. The minimum absolute atomic E-state index is 0.192. The third kappa shape index (κ3) is 3.37. The van der Waals surface area contributed by atoms with Gasteiger partial charge in [-0.1, -0.05) is 29.8 Å². The van der Waals surface area contributed by atoms with E-state index in [2.05, 4.69) is 10.4 Å². The number of carbonyl (C=O) groups excluding carboxylic acids is 1. The van der Waals surface area contributed by atoms with Gasteiger partial charge in [0.25, 0.3) is 11.5 Å². The third-order valence-corrected chi connectivity index (χ3v) is 3.30. The second kappa shape index (κ2) is 6.31. The minimum Gasteiger partial charge on any atom is -0.484 e. The average molecular weight is 309 g/mol. The van der Waals surface area contributed by atoms with Crippen molar-refractivity contribution < 1.29 is 9.53 Å². The fourth-order valence-electron chi connectivity index (χ4n) is 2.10. The zero-order valence-corrected chi connectivity index (χ0v) is 12.5. The maximum Gasteiger partial charge on any atom is 0.280 e. The molecule has 1 amide bonds. The summed E-state index contributed by atoms with van der Waals surface area (Å²) in [4.78, 5) is 28.3. The summed E-state index contributed by atoms with van der Waals surface area (Å²) in [5.41, 5.74) is 3.82. The monoisotopic (exact) mass is 309 g/mol. The molecule has 0 saturated carbocycles. The second-order valence-electron chi connectivity index (χ2n) is 5.07. The van der Waals surface area contributed by atoms with E-state index >= 15 is 0 Å². The number of benzene rings is 2. The number of nitrogens with zero attached hydrogens (tertiary/aromatic N) is 2. The van der Waals surface area contributed by atoms with E-state index in [-0.39, 0.29) is 12.2 Å². The van der Waals surface area contributed by atoms with Crippen LogP contribution in [0.1, 0.15) is 5.56 Å². The van der Waals surface area contributed by atoms with Gasteiger partial charge >= 0.3 is 0 Å². The van der Waals surface area contributed by atoms with Gasteiger partial charge in [0.2, 0.25) is 0 Å². The summed E-state index contributed by atoms with van der Waals surface area (Å²) >= 11 is 0. The molecule has 1 N–H and O–H groups in total. The number of hydrogen-bond acceptors (Lipinski definition) is 4. The van der Waals surface area contributed by atoms with Gasteiger partial charge in [-0.2, -0.15) is 0 Å². The van der Waals surface area contributed by atoms with Gasteiger partial charge in [0.05, 0.1) is 10.9 Å². The van der Waals surface area contributed by atoms with Crippen LogP contribution in [0.25, 0.3) is 10.9 Å². The number of hydrogen-bond donors (Lipinski definition) is 1. The number of aromatic nitrogens is 2. The van der Waals surface area contributed by atoms with E-state index in [4.69, 9.17) is 4.74 Å². The Hall–Kier alpha value is -3.15. The van der Waals surface area contributed by atoms with Crippen LogP contribution in [0.15, 0.2) is 59.7 Å². The molecule has 0 unspecified atom stereocenters. The SMILES string of the molecule is Cc1ccc(OCC(=O)Nn2cnc3ccccc3c2=O)cc1. The molecular formula is C17H15N3O3. The summed E-state index contributed by atoms with van der Waals surface area (Å²) in [5.74, 6) is 0.152. The largest absolute Gasteiger partial charge is 0.484 e. The smallest absolute Gasteiger partial charge is 0.280 e. The molecule has 6 heteroatoms. The number of carbonyl (C=O) groups is 1. The minimum atomic E-state index is -0.440. The molecule has 3 rings (SSSR count). The normalized spacial score (nSPS) is 10.5. The Kier molecular flexibility index (Phi) is 4.05. The number of nitrogens with one attached hydrogen (secondary N) is 1. The number of amides is 1. The average Bonchev–Trinajstić information content (AvgIpc) is 2.57. The van der Waals surface area contributed by atoms with Crippen LogP contribution >= 0.6 is 0 Å². The van der Waals surface area contributed by atoms with Crippen LogP contribution in [0.4, 0.5) is 0 Å². The van der Waals surface area contributed by atoms with Crippen LogP contribution in [0.2, 0.25) is 0 Å². The topological polar surface area (TPSA) is 73.2 Å². The van der Waals surface area contributed by atoms with Crippen molar-refractivity contribution in [2.24, 2.45) is 0 Å². The van der Waals surface area contributed by atoms with Gasteiger partial charge in [-0.05, 0) is 31.2 Å². The van der Waals surface area contributed by atoms with E-state index in [1.54, 1.807) is 36.4 Å². The van der Waals surface area contributed by atoms with Crippen molar-refractivity contribution in [2.75, 3.05) is 12.0 Å². The van der Waals surface area contributed by atoms with Crippen molar-refractivity contribution in [1.29, 1.82) is 0 Å². The van der Waals surface area contributed by atoms with Crippen molar-refractivity contribution >= 4 is 16.8 Å². The van der Waals surface area contributed by atoms with Crippen LogP contribution in [-0.4, -0.2) is 22.2 Å². The first-order valence-electron chi connectivity index (χ1n) is 7.09. The highest BCUT2D eigenvalue weighted by atomic mass is 16.5. The van der Waals surface area contributed by atoms with Gasteiger partial charge < -0.3 is 4.74 Å². The Labute approximate surface area is 132 Å².